The lowest BCUT2D eigenvalue weighted by atomic mass is 9.89. The van der Waals surface area contributed by atoms with Crippen molar-refractivity contribution in [1.29, 1.82) is 0 Å². The molecule has 0 radical (unpaired) electrons. The van der Waals surface area contributed by atoms with Crippen LogP contribution in [0.3, 0.4) is 0 Å². The summed E-state index contributed by atoms with van der Waals surface area (Å²) in [5.74, 6) is 0.0340. The van der Waals surface area contributed by atoms with Crippen LogP contribution in [0.15, 0.2) is 18.9 Å². The number of carbonyl (C=O) groups is 1. The highest BCUT2D eigenvalue weighted by atomic mass is 16.1. The molecule has 0 saturated heterocycles. The maximum absolute atomic E-state index is 12.2. The van der Waals surface area contributed by atoms with Crippen molar-refractivity contribution in [2.75, 3.05) is 14.1 Å². The summed E-state index contributed by atoms with van der Waals surface area (Å²) in [6.07, 6.45) is 4.70. The zero-order chi connectivity index (χ0) is 12.3. The van der Waals surface area contributed by atoms with E-state index in [0.29, 0.717) is 5.70 Å². The molecule has 0 N–H and O–H groups in total. The Labute approximate surface area is 95.8 Å². The van der Waals surface area contributed by atoms with Crippen molar-refractivity contribution in [3.8, 4) is 0 Å². The molecular formula is C11H18N4O. The van der Waals surface area contributed by atoms with Crippen molar-refractivity contribution in [2.45, 2.75) is 20.8 Å². The van der Waals surface area contributed by atoms with Gasteiger partial charge in [0, 0.05) is 25.7 Å². The van der Waals surface area contributed by atoms with Crippen LogP contribution in [0.5, 0.6) is 0 Å². The van der Waals surface area contributed by atoms with E-state index in [2.05, 4.69) is 10.1 Å². The molecule has 5 heteroatoms. The highest BCUT2D eigenvalue weighted by molar-refractivity contribution is 6.17. The van der Waals surface area contributed by atoms with Crippen LogP contribution in [0, 0.1) is 5.41 Å². The first-order chi connectivity index (χ1) is 7.32. The maximum Gasteiger partial charge on any atom is 0.188 e. The maximum atomic E-state index is 12.2. The van der Waals surface area contributed by atoms with E-state index in [4.69, 9.17) is 0 Å². The van der Waals surface area contributed by atoms with Crippen LogP contribution in [0.1, 0.15) is 20.8 Å². The van der Waals surface area contributed by atoms with Crippen LogP contribution in [-0.2, 0) is 4.79 Å². The average molecular weight is 222 g/mol. The van der Waals surface area contributed by atoms with Crippen LogP contribution in [0.2, 0.25) is 0 Å². The fraction of sp³-hybridized carbons (Fsp3) is 0.545. The first kappa shape index (κ1) is 12.4. The van der Waals surface area contributed by atoms with Gasteiger partial charge in [0.25, 0.3) is 0 Å². The molecule has 5 nitrogen and oxygen atoms in total. The molecule has 0 amide bonds. The molecule has 1 heterocycles. The molecule has 1 rings (SSSR count). The van der Waals surface area contributed by atoms with Crippen molar-refractivity contribution in [2.24, 2.45) is 5.41 Å². The van der Waals surface area contributed by atoms with Gasteiger partial charge in [-0.1, -0.05) is 20.8 Å². The minimum absolute atomic E-state index is 0.0340. The van der Waals surface area contributed by atoms with Gasteiger partial charge in [-0.3, -0.25) is 4.79 Å². The van der Waals surface area contributed by atoms with Crippen molar-refractivity contribution < 1.29 is 4.79 Å². The van der Waals surface area contributed by atoms with Gasteiger partial charge in [0.2, 0.25) is 0 Å². The van der Waals surface area contributed by atoms with Crippen molar-refractivity contribution in [3.63, 3.8) is 0 Å². The third kappa shape index (κ3) is 2.92. The van der Waals surface area contributed by atoms with E-state index in [9.17, 15) is 4.79 Å². The second-order valence-corrected chi connectivity index (χ2v) is 4.90. The highest BCUT2D eigenvalue weighted by Crippen LogP contribution is 2.22. The van der Waals surface area contributed by atoms with E-state index in [1.165, 1.54) is 17.3 Å². The lowest BCUT2D eigenvalue weighted by molar-refractivity contribution is -0.120. The molecule has 0 unspecified atom stereocenters. The molecule has 0 aliphatic carbocycles. The molecule has 0 fully saturated rings. The predicted octanol–water partition coefficient (Wildman–Crippen LogP) is 1.25. The van der Waals surface area contributed by atoms with E-state index >= 15 is 0 Å². The van der Waals surface area contributed by atoms with Gasteiger partial charge in [-0.05, 0) is 0 Å². The summed E-state index contributed by atoms with van der Waals surface area (Å²) in [5.41, 5.74) is 0.0864. The Bertz CT molecular complexity index is 385. The molecule has 1 aromatic rings. The Hall–Kier alpha value is -1.65. The van der Waals surface area contributed by atoms with Gasteiger partial charge in [0.05, 0.1) is 0 Å². The summed E-state index contributed by atoms with van der Waals surface area (Å²) in [7, 11) is 3.74. The van der Waals surface area contributed by atoms with Crippen molar-refractivity contribution in [1.82, 2.24) is 19.7 Å². The minimum atomic E-state index is -0.437. The van der Waals surface area contributed by atoms with Gasteiger partial charge < -0.3 is 4.90 Å². The number of carbonyl (C=O) groups excluding carboxylic acids is 1. The number of ketones is 1. The molecular weight excluding hydrogens is 204 g/mol. The number of Topliss-reactive ketones (excluding diaryl/α,β-unsaturated/α-hetero) is 1. The van der Waals surface area contributed by atoms with E-state index in [1.807, 2.05) is 39.8 Å². The number of rotatable bonds is 3. The number of hydrogen-bond acceptors (Lipinski definition) is 4. The molecule has 0 saturated carbocycles. The summed E-state index contributed by atoms with van der Waals surface area (Å²) in [5, 5.41) is 3.99. The molecule has 0 aromatic carbocycles. The Morgan fingerprint density at radius 2 is 2.00 bits per heavy atom. The fourth-order valence-electron chi connectivity index (χ4n) is 1.18. The first-order valence-electron chi connectivity index (χ1n) is 5.10. The minimum Gasteiger partial charge on any atom is -0.382 e. The Morgan fingerprint density at radius 3 is 2.38 bits per heavy atom. The van der Waals surface area contributed by atoms with E-state index in [1.54, 1.807) is 6.20 Å². The average Bonchev–Trinajstić information content (AvgIpc) is 2.63. The SMILES string of the molecule is CN(C)C=C(C(=O)C(C)(C)C)n1cncn1. The number of hydrogen-bond donors (Lipinski definition) is 0. The quantitative estimate of drug-likeness (QED) is 0.722. The van der Waals surface area contributed by atoms with Gasteiger partial charge >= 0.3 is 0 Å². The molecule has 0 atom stereocenters. The summed E-state index contributed by atoms with van der Waals surface area (Å²) in [6.45, 7) is 5.65. The zero-order valence-corrected chi connectivity index (χ0v) is 10.4. The van der Waals surface area contributed by atoms with Crippen molar-refractivity contribution in [3.05, 3.63) is 18.9 Å². The first-order valence-corrected chi connectivity index (χ1v) is 5.10. The summed E-state index contributed by atoms with van der Waals surface area (Å²) < 4.78 is 1.49. The number of allylic oxidation sites excluding steroid dienone is 1. The highest BCUT2D eigenvalue weighted by Gasteiger charge is 2.26. The van der Waals surface area contributed by atoms with Crippen LogP contribution in [-0.4, -0.2) is 39.5 Å². The monoisotopic (exact) mass is 222 g/mol. The normalized spacial score (nSPS) is 12.7. The largest absolute Gasteiger partial charge is 0.382 e. The van der Waals surface area contributed by atoms with Gasteiger partial charge in [-0.25, -0.2) is 9.67 Å². The van der Waals surface area contributed by atoms with E-state index in [0.717, 1.165) is 0 Å². The molecule has 0 aliphatic heterocycles. The third-order valence-corrected chi connectivity index (χ3v) is 1.96. The van der Waals surface area contributed by atoms with E-state index in [-0.39, 0.29) is 5.78 Å². The van der Waals surface area contributed by atoms with E-state index < -0.39 is 5.41 Å². The Balaban J connectivity index is 3.13. The van der Waals surface area contributed by atoms with Gasteiger partial charge in [-0.15, -0.1) is 0 Å². The summed E-state index contributed by atoms with van der Waals surface area (Å²) >= 11 is 0. The second kappa shape index (κ2) is 4.47. The lowest BCUT2D eigenvalue weighted by Gasteiger charge is -2.19. The molecule has 0 bridgehead atoms. The molecule has 16 heavy (non-hydrogen) atoms. The van der Waals surface area contributed by atoms with Gasteiger partial charge in [-0.2, -0.15) is 5.10 Å². The van der Waals surface area contributed by atoms with Gasteiger partial charge in [0.15, 0.2) is 5.78 Å². The van der Waals surface area contributed by atoms with Crippen LogP contribution in [0.25, 0.3) is 5.70 Å². The van der Waals surface area contributed by atoms with Crippen molar-refractivity contribution >= 4 is 11.5 Å². The Morgan fingerprint density at radius 1 is 1.38 bits per heavy atom. The molecule has 1 aromatic heterocycles. The summed E-state index contributed by atoms with van der Waals surface area (Å²) in [4.78, 5) is 17.9. The Kier molecular flexibility index (Phi) is 3.47. The van der Waals surface area contributed by atoms with Crippen LogP contribution >= 0.6 is 0 Å². The topological polar surface area (TPSA) is 51.0 Å². The molecule has 0 aliphatic rings. The van der Waals surface area contributed by atoms with Crippen LogP contribution in [0.4, 0.5) is 0 Å². The second-order valence-electron chi connectivity index (χ2n) is 4.90. The van der Waals surface area contributed by atoms with Gasteiger partial charge in [0.1, 0.15) is 18.4 Å². The molecule has 88 valence electrons. The number of aromatic nitrogens is 3. The molecule has 0 spiro atoms. The fourth-order valence-corrected chi connectivity index (χ4v) is 1.18. The smallest absolute Gasteiger partial charge is 0.188 e. The zero-order valence-electron chi connectivity index (χ0n) is 10.4. The third-order valence-electron chi connectivity index (χ3n) is 1.96. The predicted molar refractivity (Wildman–Crippen MR) is 62.4 cm³/mol. The summed E-state index contributed by atoms with van der Waals surface area (Å²) in [6, 6.07) is 0. The number of nitrogens with zero attached hydrogens (tertiary/aromatic N) is 4. The lowest BCUT2D eigenvalue weighted by Crippen LogP contribution is -2.25. The standard InChI is InChI=1S/C11H18N4O/c1-11(2,3)10(16)9(6-14(4)5)15-8-12-7-13-15/h6-8H,1-5H3. The van der Waals surface area contributed by atoms with Crippen LogP contribution < -0.4 is 0 Å².